The molecule has 0 aliphatic heterocycles. The van der Waals surface area contributed by atoms with Gasteiger partial charge in [0.25, 0.3) is 5.56 Å². The van der Waals surface area contributed by atoms with Crippen LogP contribution in [0.3, 0.4) is 0 Å². The van der Waals surface area contributed by atoms with E-state index in [1.54, 1.807) is 19.2 Å². The molecular formula is C27H26N4O3. The normalized spacial score (nSPS) is 11.1. The van der Waals surface area contributed by atoms with Crippen LogP contribution in [0, 0.1) is 0 Å². The monoisotopic (exact) mass is 454 g/mol. The molecule has 2 aromatic heterocycles. The Bertz CT molecular complexity index is 1510. The highest BCUT2D eigenvalue weighted by Crippen LogP contribution is 2.31. The van der Waals surface area contributed by atoms with Gasteiger partial charge in [0.05, 0.1) is 23.7 Å². The molecule has 0 unspecified atom stereocenters. The molecule has 2 heterocycles. The Labute approximate surface area is 197 Å². The molecule has 0 fully saturated rings. The van der Waals surface area contributed by atoms with E-state index in [1.165, 1.54) is 0 Å². The number of hydrogen-bond acceptors (Lipinski definition) is 5. The summed E-state index contributed by atoms with van der Waals surface area (Å²) < 4.78 is 13.3. The highest BCUT2D eigenvalue weighted by atomic mass is 16.5. The van der Waals surface area contributed by atoms with Gasteiger partial charge in [-0.05, 0) is 42.3 Å². The van der Waals surface area contributed by atoms with Crippen LogP contribution < -0.4 is 20.5 Å². The van der Waals surface area contributed by atoms with Crippen LogP contribution in [0.25, 0.3) is 33.2 Å². The van der Waals surface area contributed by atoms with E-state index in [0.29, 0.717) is 29.1 Å². The van der Waals surface area contributed by atoms with Gasteiger partial charge in [-0.3, -0.25) is 9.47 Å². The van der Waals surface area contributed by atoms with Crippen LogP contribution in [0.2, 0.25) is 0 Å². The molecule has 2 N–H and O–H groups in total. The van der Waals surface area contributed by atoms with Gasteiger partial charge in [0.1, 0.15) is 23.8 Å². The topological polar surface area (TPSA) is 81.2 Å². The summed E-state index contributed by atoms with van der Waals surface area (Å²) in [6.07, 6.45) is 2.90. The van der Waals surface area contributed by atoms with E-state index in [1.807, 2.05) is 65.5 Å². The Kier molecular flexibility index (Phi) is 5.91. The Hall–Kier alpha value is -4.26. The van der Waals surface area contributed by atoms with E-state index in [0.717, 1.165) is 40.7 Å². The van der Waals surface area contributed by atoms with Crippen molar-refractivity contribution in [1.29, 1.82) is 0 Å². The first kappa shape index (κ1) is 21.6. The summed E-state index contributed by atoms with van der Waals surface area (Å²) in [6.45, 7) is 3.37. The predicted molar refractivity (Wildman–Crippen MR) is 135 cm³/mol. The minimum Gasteiger partial charge on any atom is -0.497 e. The molecule has 0 radical (unpaired) electrons. The average molecular weight is 455 g/mol. The third-order valence-corrected chi connectivity index (χ3v) is 5.71. The zero-order valence-electron chi connectivity index (χ0n) is 19.2. The molecule has 0 aliphatic rings. The number of fused-ring (bicyclic) bond motifs is 2. The van der Waals surface area contributed by atoms with Crippen LogP contribution in [-0.4, -0.2) is 28.3 Å². The van der Waals surface area contributed by atoms with E-state index in [4.69, 9.17) is 14.5 Å². The van der Waals surface area contributed by atoms with Crippen LogP contribution in [0.1, 0.15) is 18.9 Å². The van der Waals surface area contributed by atoms with Gasteiger partial charge in [0.15, 0.2) is 0 Å². The Morgan fingerprint density at radius 2 is 1.85 bits per heavy atom. The van der Waals surface area contributed by atoms with Crippen molar-refractivity contribution in [3.63, 3.8) is 0 Å². The lowest BCUT2D eigenvalue weighted by molar-refractivity contribution is 0.306. The van der Waals surface area contributed by atoms with Crippen molar-refractivity contribution in [3.8, 4) is 22.8 Å². The highest BCUT2D eigenvalue weighted by molar-refractivity contribution is 5.97. The summed E-state index contributed by atoms with van der Waals surface area (Å²) in [5, 5.41) is 0.884. The molecule has 0 saturated carbocycles. The number of nitrogens with one attached hydrogen (secondary N) is 2. The fourth-order valence-corrected chi connectivity index (χ4v) is 3.96. The molecule has 34 heavy (non-hydrogen) atoms. The summed E-state index contributed by atoms with van der Waals surface area (Å²) >= 11 is 0. The summed E-state index contributed by atoms with van der Waals surface area (Å²) in [5.74, 6) is 1.41. The smallest absolute Gasteiger partial charge is 0.275 e. The fraction of sp³-hybridized carbons (Fsp3) is 0.185. The van der Waals surface area contributed by atoms with Crippen LogP contribution in [0.5, 0.6) is 11.5 Å². The third-order valence-electron chi connectivity index (χ3n) is 5.71. The predicted octanol–water partition coefficient (Wildman–Crippen LogP) is 5.09. The zero-order chi connectivity index (χ0) is 23.5. The molecule has 3 aromatic carbocycles. The molecule has 5 rings (SSSR count). The molecule has 0 saturated heterocycles. The summed E-state index contributed by atoms with van der Waals surface area (Å²) in [6, 6.07) is 21.4. The lowest BCUT2D eigenvalue weighted by Crippen LogP contribution is -2.14. The number of aromatic amines is 1. The number of methoxy groups -OCH3 is 1. The van der Waals surface area contributed by atoms with Crippen LogP contribution >= 0.6 is 0 Å². The molecular weight excluding hydrogens is 428 g/mol. The highest BCUT2D eigenvalue weighted by Gasteiger charge is 2.17. The van der Waals surface area contributed by atoms with Crippen LogP contribution in [0.15, 0.2) is 77.7 Å². The molecule has 7 heteroatoms. The Balaban J connectivity index is 1.61. The molecule has 0 amide bonds. The van der Waals surface area contributed by atoms with Gasteiger partial charge in [-0.25, -0.2) is 4.98 Å². The first-order valence-electron chi connectivity index (χ1n) is 11.3. The zero-order valence-corrected chi connectivity index (χ0v) is 19.2. The number of ether oxygens (including phenoxy) is 2. The largest absolute Gasteiger partial charge is 0.497 e. The fourth-order valence-electron chi connectivity index (χ4n) is 3.96. The summed E-state index contributed by atoms with van der Waals surface area (Å²) in [5.41, 5.74) is 7.59. The van der Waals surface area contributed by atoms with Crippen molar-refractivity contribution in [2.75, 3.05) is 19.1 Å². The lowest BCUT2D eigenvalue weighted by Gasteiger charge is -2.09. The van der Waals surface area contributed by atoms with Crippen molar-refractivity contribution in [1.82, 2.24) is 14.6 Å². The molecule has 172 valence electrons. The molecule has 0 aliphatic carbocycles. The third kappa shape index (κ3) is 4.20. The van der Waals surface area contributed by atoms with Gasteiger partial charge in [-0.15, -0.1) is 0 Å². The van der Waals surface area contributed by atoms with Gasteiger partial charge in [-0.1, -0.05) is 37.3 Å². The average Bonchev–Trinajstić information content (AvgIpc) is 3.23. The van der Waals surface area contributed by atoms with Crippen molar-refractivity contribution < 1.29 is 9.47 Å². The second-order valence-electron chi connectivity index (χ2n) is 8.07. The summed E-state index contributed by atoms with van der Waals surface area (Å²) in [4.78, 5) is 20.7. The van der Waals surface area contributed by atoms with Gasteiger partial charge >= 0.3 is 0 Å². The maximum atomic E-state index is 13.0. The van der Waals surface area contributed by atoms with Crippen molar-refractivity contribution >= 4 is 21.9 Å². The van der Waals surface area contributed by atoms with Gasteiger partial charge in [0.2, 0.25) is 0 Å². The van der Waals surface area contributed by atoms with E-state index in [2.05, 4.69) is 17.3 Å². The first-order chi connectivity index (χ1) is 16.7. The standard InChI is InChI=1S/C27H26N4O3/c1-3-13-28-31-16-22(26-27(32)30-23-11-9-19(33-2)15-24(23)29-26)21-14-20(10-12-25(21)31)34-17-18-7-5-4-6-8-18/h4-12,14-16,28H,3,13,17H2,1-2H3,(H,30,32). The lowest BCUT2D eigenvalue weighted by atomic mass is 10.1. The SMILES string of the molecule is CCCNn1cc(-c2nc3cc(OC)ccc3[nH]c2=O)c2cc(OCc3ccccc3)ccc21. The molecule has 0 atom stereocenters. The maximum absolute atomic E-state index is 13.0. The second-order valence-corrected chi connectivity index (χ2v) is 8.07. The molecule has 0 bridgehead atoms. The van der Waals surface area contributed by atoms with Gasteiger partial charge in [-0.2, -0.15) is 0 Å². The number of nitrogens with zero attached hydrogens (tertiary/aromatic N) is 2. The van der Waals surface area contributed by atoms with Crippen molar-refractivity contribution in [2.45, 2.75) is 20.0 Å². The van der Waals surface area contributed by atoms with E-state index in [9.17, 15) is 4.79 Å². The summed E-state index contributed by atoms with van der Waals surface area (Å²) in [7, 11) is 1.61. The maximum Gasteiger partial charge on any atom is 0.275 e. The number of H-pyrrole nitrogens is 1. The minimum atomic E-state index is -0.247. The van der Waals surface area contributed by atoms with Crippen LogP contribution in [-0.2, 0) is 6.61 Å². The molecule has 5 aromatic rings. The Morgan fingerprint density at radius 1 is 1.03 bits per heavy atom. The van der Waals surface area contributed by atoms with Gasteiger partial charge in [0, 0.05) is 29.8 Å². The number of benzene rings is 3. The van der Waals surface area contributed by atoms with Crippen LogP contribution in [0.4, 0.5) is 0 Å². The molecule has 0 spiro atoms. The number of rotatable bonds is 8. The minimum absolute atomic E-state index is 0.247. The van der Waals surface area contributed by atoms with Gasteiger partial charge < -0.3 is 19.9 Å². The molecule has 7 nitrogen and oxygen atoms in total. The van der Waals surface area contributed by atoms with E-state index < -0.39 is 0 Å². The van der Waals surface area contributed by atoms with E-state index in [-0.39, 0.29) is 5.56 Å². The first-order valence-corrected chi connectivity index (χ1v) is 11.3. The second kappa shape index (κ2) is 9.31. The van der Waals surface area contributed by atoms with Crippen molar-refractivity contribution in [3.05, 3.63) is 88.8 Å². The van der Waals surface area contributed by atoms with E-state index >= 15 is 0 Å². The van der Waals surface area contributed by atoms with Crippen molar-refractivity contribution in [2.24, 2.45) is 0 Å². The number of aromatic nitrogens is 3. The number of hydrogen-bond donors (Lipinski definition) is 2. The Morgan fingerprint density at radius 3 is 2.65 bits per heavy atom. The quantitative estimate of drug-likeness (QED) is 0.342.